The number of rotatable bonds is 2. The fourth-order valence-electron chi connectivity index (χ4n) is 2.80. The number of thioether (sulfide) groups is 8. The molecular formula is C22H26O4S8. The molecule has 0 N–H and O–H groups in total. The van der Waals surface area contributed by atoms with E-state index in [-0.39, 0.29) is 0 Å². The van der Waals surface area contributed by atoms with E-state index >= 15 is 0 Å². The third kappa shape index (κ3) is 8.39. The maximum absolute atomic E-state index is 5.80. The van der Waals surface area contributed by atoms with Crippen LogP contribution in [0.3, 0.4) is 0 Å². The fraction of sp³-hybridized carbons (Fsp3) is 0.455. The Morgan fingerprint density at radius 2 is 1.00 bits per heavy atom. The first-order valence-corrected chi connectivity index (χ1v) is 18.2. The molecular weight excluding hydrogens is 585 g/mol. The molecule has 0 aromatic heterocycles. The zero-order valence-electron chi connectivity index (χ0n) is 18.9. The fourth-order valence-corrected chi connectivity index (χ4v) is 13.8. The highest BCUT2D eigenvalue weighted by molar-refractivity contribution is 8.45. The predicted octanol–water partition coefficient (Wildman–Crippen LogP) is 8.02. The standard InChI is InChI=1S/C22H26O4S8/c1-27-17-19-29-13-11-23-7-9-25-15-3-5-16(6-4-15)26-10-8-24-12-14-30-20-18(28-2)32-22(34-20)21(31-17)33-19/h3-6H,7-14H2,1-2H3. The maximum Gasteiger partial charge on any atom is 0.119 e. The topological polar surface area (TPSA) is 36.9 Å². The van der Waals surface area contributed by atoms with Gasteiger partial charge in [-0.3, -0.25) is 0 Å². The van der Waals surface area contributed by atoms with Crippen LogP contribution >= 0.6 is 94.1 Å². The summed E-state index contributed by atoms with van der Waals surface area (Å²) in [6, 6.07) is 7.72. The van der Waals surface area contributed by atoms with Gasteiger partial charge in [-0.2, -0.15) is 0 Å². The molecule has 0 radical (unpaired) electrons. The van der Waals surface area contributed by atoms with Crippen molar-refractivity contribution in [3.8, 4) is 11.5 Å². The normalized spacial score (nSPS) is 21.5. The van der Waals surface area contributed by atoms with Crippen LogP contribution in [0.15, 0.2) is 49.7 Å². The molecule has 0 saturated heterocycles. The minimum Gasteiger partial charge on any atom is -0.491 e. The van der Waals surface area contributed by atoms with Gasteiger partial charge in [0, 0.05) is 11.5 Å². The SMILES string of the molecule is CSC1=C2SCCOCCOc3ccc(cc3)OCCOCCSC3=C(SC)SC(=C(S1)S2)S3. The Hall–Kier alpha value is 0.760. The third-order valence-electron chi connectivity index (χ3n) is 4.35. The van der Waals surface area contributed by atoms with Crippen LogP contribution in [0, 0.1) is 0 Å². The van der Waals surface area contributed by atoms with Gasteiger partial charge in [0.15, 0.2) is 0 Å². The summed E-state index contributed by atoms with van der Waals surface area (Å²) in [5.41, 5.74) is 0. The van der Waals surface area contributed by atoms with E-state index in [4.69, 9.17) is 18.9 Å². The van der Waals surface area contributed by atoms with E-state index in [2.05, 4.69) is 12.5 Å². The molecule has 4 aliphatic heterocycles. The average molecular weight is 611 g/mol. The number of benzene rings is 1. The Kier molecular flexibility index (Phi) is 12.5. The quantitative estimate of drug-likeness (QED) is 0.325. The van der Waals surface area contributed by atoms with Crippen molar-refractivity contribution >= 4 is 94.1 Å². The molecule has 12 heteroatoms. The second kappa shape index (κ2) is 15.2. The Labute approximate surface area is 236 Å². The molecule has 0 fully saturated rings. The Morgan fingerprint density at radius 1 is 0.559 bits per heavy atom. The summed E-state index contributed by atoms with van der Waals surface area (Å²) in [7, 11) is 0. The zero-order valence-corrected chi connectivity index (χ0v) is 25.4. The number of hydrogen-bond donors (Lipinski definition) is 0. The smallest absolute Gasteiger partial charge is 0.119 e. The number of hydrogen-bond acceptors (Lipinski definition) is 12. The Bertz CT molecular complexity index is 843. The van der Waals surface area contributed by atoms with Crippen molar-refractivity contribution < 1.29 is 18.9 Å². The van der Waals surface area contributed by atoms with E-state index in [9.17, 15) is 0 Å². The summed E-state index contributed by atoms with van der Waals surface area (Å²) < 4.78 is 31.6. The van der Waals surface area contributed by atoms with Gasteiger partial charge in [0.1, 0.15) is 24.7 Å². The molecule has 4 aliphatic rings. The van der Waals surface area contributed by atoms with Crippen LogP contribution in [0.25, 0.3) is 0 Å². The molecule has 0 atom stereocenters. The Balaban J connectivity index is 1.37. The summed E-state index contributed by atoms with van der Waals surface area (Å²) in [5, 5.41) is 0. The maximum atomic E-state index is 5.80. The van der Waals surface area contributed by atoms with Gasteiger partial charge in [0.2, 0.25) is 0 Å². The van der Waals surface area contributed by atoms with Crippen molar-refractivity contribution in [1.29, 1.82) is 0 Å². The van der Waals surface area contributed by atoms with Crippen molar-refractivity contribution in [3.05, 3.63) is 49.7 Å². The number of fused-ring (bicyclic) bond motifs is 14. The van der Waals surface area contributed by atoms with Crippen LogP contribution < -0.4 is 9.47 Å². The van der Waals surface area contributed by atoms with Gasteiger partial charge >= 0.3 is 0 Å². The second-order valence-corrected chi connectivity index (χ2v) is 16.1. The highest BCUT2D eigenvalue weighted by Gasteiger charge is 2.30. The van der Waals surface area contributed by atoms with Gasteiger partial charge < -0.3 is 18.9 Å². The van der Waals surface area contributed by atoms with Crippen LogP contribution in [-0.2, 0) is 9.47 Å². The molecule has 0 saturated carbocycles. The molecule has 1 aromatic rings. The van der Waals surface area contributed by atoms with Gasteiger partial charge in [-0.15, -0.1) is 47.0 Å². The van der Waals surface area contributed by atoms with Crippen LogP contribution in [0.4, 0.5) is 0 Å². The summed E-state index contributed by atoms with van der Waals surface area (Å²) in [6.45, 7) is 3.67. The van der Waals surface area contributed by atoms with Crippen molar-refractivity contribution in [2.45, 2.75) is 0 Å². The summed E-state index contributed by atoms with van der Waals surface area (Å²) >= 11 is 15.2. The lowest BCUT2D eigenvalue weighted by Gasteiger charge is -2.10. The molecule has 5 rings (SSSR count). The van der Waals surface area contributed by atoms with E-state index in [1.807, 2.05) is 118 Å². The number of ether oxygens (including phenoxy) is 4. The highest BCUT2D eigenvalue weighted by atomic mass is 32.3. The van der Waals surface area contributed by atoms with E-state index in [0.29, 0.717) is 39.6 Å². The first kappa shape index (κ1) is 27.8. The van der Waals surface area contributed by atoms with Gasteiger partial charge in [-0.1, -0.05) is 47.0 Å². The Morgan fingerprint density at radius 3 is 1.41 bits per heavy atom. The molecule has 6 bridgehead atoms. The van der Waals surface area contributed by atoms with Gasteiger partial charge in [0.05, 0.1) is 51.9 Å². The average Bonchev–Trinajstić information content (AvgIpc) is 3.47. The highest BCUT2D eigenvalue weighted by Crippen LogP contribution is 2.65. The molecule has 0 amide bonds. The van der Waals surface area contributed by atoms with Crippen molar-refractivity contribution in [2.75, 3.05) is 63.7 Å². The van der Waals surface area contributed by atoms with Crippen LogP contribution in [0.5, 0.6) is 11.5 Å². The van der Waals surface area contributed by atoms with Crippen molar-refractivity contribution in [2.24, 2.45) is 0 Å². The molecule has 1 aromatic carbocycles. The van der Waals surface area contributed by atoms with Crippen LogP contribution in [-0.4, -0.2) is 63.7 Å². The molecule has 4 nitrogen and oxygen atoms in total. The van der Waals surface area contributed by atoms with Crippen molar-refractivity contribution in [1.82, 2.24) is 0 Å². The van der Waals surface area contributed by atoms with Gasteiger partial charge in [-0.05, 0) is 36.8 Å². The van der Waals surface area contributed by atoms with Crippen LogP contribution in [0.2, 0.25) is 0 Å². The summed E-state index contributed by atoms with van der Waals surface area (Å²) in [5.74, 6) is 3.54. The van der Waals surface area contributed by atoms with Crippen LogP contribution in [0.1, 0.15) is 0 Å². The molecule has 186 valence electrons. The van der Waals surface area contributed by atoms with E-state index in [1.54, 1.807) is 0 Å². The largest absolute Gasteiger partial charge is 0.491 e. The third-order valence-corrected chi connectivity index (χ3v) is 15.5. The molecule has 0 spiro atoms. The monoisotopic (exact) mass is 610 g/mol. The minimum absolute atomic E-state index is 0.540. The van der Waals surface area contributed by atoms with Crippen molar-refractivity contribution in [3.63, 3.8) is 0 Å². The molecule has 34 heavy (non-hydrogen) atoms. The summed E-state index contributed by atoms with van der Waals surface area (Å²) in [6.07, 6.45) is 4.34. The van der Waals surface area contributed by atoms with Gasteiger partial charge in [-0.25, -0.2) is 0 Å². The molecule has 4 heterocycles. The predicted molar refractivity (Wildman–Crippen MR) is 162 cm³/mol. The molecule has 0 aliphatic carbocycles. The van der Waals surface area contributed by atoms with E-state index < -0.39 is 0 Å². The van der Waals surface area contributed by atoms with Gasteiger partial charge in [0.25, 0.3) is 0 Å². The zero-order chi connectivity index (χ0) is 23.6. The first-order chi connectivity index (χ1) is 16.8. The van der Waals surface area contributed by atoms with E-state index in [0.717, 1.165) is 23.0 Å². The minimum atomic E-state index is 0.540. The summed E-state index contributed by atoms with van der Waals surface area (Å²) in [4.78, 5) is 0. The lowest BCUT2D eigenvalue weighted by atomic mass is 10.3. The second-order valence-electron chi connectivity index (χ2n) is 6.63. The molecule has 0 unspecified atom stereocenters. The van der Waals surface area contributed by atoms with E-state index in [1.165, 1.54) is 25.4 Å². The first-order valence-electron chi connectivity index (χ1n) is 10.6. The lowest BCUT2D eigenvalue weighted by molar-refractivity contribution is 0.110. The lowest BCUT2D eigenvalue weighted by Crippen LogP contribution is -2.09.